The Hall–Kier alpha value is -1.95. The molecule has 0 spiro atoms. The SMILES string of the molecule is NC(=O)c1ccc(CN2C3CCC2C(C(=O)O)C3)c(F)c1. The maximum Gasteiger partial charge on any atom is 0.308 e. The van der Waals surface area contributed by atoms with Crippen LogP contribution in [0, 0.1) is 11.7 Å². The number of hydrogen-bond acceptors (Lipinski definition) is 3. The van der Waals surface area contributed by atoms with Crippen molar-refractivity contribution in [2.75, 3.05) is 0 Å². The number of primary amides is 1. The fourth-order valence-corrected chi connectivity index (χ4v) is 3.64. The van der Waals surface area contributed by atoms with Crippen molar-refractivity contribution in [2.24, 2.45) is 11.7 Å². The zero-order chi connectivity index (χ0) is 15.1. The summed E-state index contributed by atoms with van der Waals surface area (Å²) in [5.41, 5.74) is 5.74. The lowest BCUT2D eigenvalue weighted by molar-refractivity contribution is -0.142. The van der Waals surface area contributed by atoms with Gasteiger partial charge in [0.05, 0.1) is 5.92 Å². The molecule has 2 bridgehead atoms. The van der Waals surface area contributed by atoms with E-state index in [4.69, 9.17) is 5.73 Å². The van der Waals surface area contributed by atoms with Crippen molar-refractivity contribution in [3.05, 3.63) is 35.1 Å². The van der Waals surface area contributed by atoms with Gasteiger partial charge < -0.3 is 10.8 Å². The zero-order valence-corrected chi connectivity index (χ0v) is 11.5. The second-order valence-corrected chi connectivity index (χ2v) is 5.82. The number of halogens is 1. The molecule has 3 unspecified atom stereocenters. The largest absolute Gasteiger partial charge is 0.481 e. The topological polar surface area (TPSA) is 83.6 Å². The van der Waals surface area contributed by atoms with Gasteiger partial charge in [0.15, 0.2) is 0 Å². The van der Waals surface area contributed by atoms with Gasteiger partial charge in [0, 0.05) is 29.8 Å². The Labute approximate surface area is 121 Å². The summed E-state index contributed by atoms with van der Waals surface area (Å²) in [6, 6.07) is 4.41. The third-order valence-electron chi connectivity index (χ3n) is 4.69. The number of nitrogens with zero attached hydrogens (tertiary/aromatic N) is 1. The molecule has 0 aliphatic carbocycles. The molecule has 2 fully saturated rings. The first kappa shape index (κ1) is 14.0. The average molecular weight is 292 g/mol. The number of aliphatic carboxylic acids is 1. The molecule has 21 heavy (non-hydrogen) atoms. The molecule has 0 radical (unpaired) electrons. The van der Waals surface area contributed by atoms with E-state index in [-0.39, 0.29) is 23.6 Å². The highest BCUT2D eigenvalue weighted by Crippen LogP contribution is 2.42. The summed E-state index contributed by atoms with van der Waals surface area (Å²) >= 11 is 0. The van der Waals surface area contributed by atoms with Crippen LogP contribution in [0.2, 0.25) is 0 Å². The molecule has 5 nitrogen and oxygen atoms in total. The van der Waals surface area contributed by atoms with Crippen LogP contribution in [0.1, 0.15) is 35.2 Å². The molecule has 1 aromatic rings. The van der Waals surface area contributed by atoms with Gasteiger partial charge in [-0.05, 0) is 31.4 Å². The van der Waals surface area contributed by atoms with Crippen LogP contribution in [0.3, 0.4) is 0 Å². The third kappa shape index (κ3) is 2.40. The number of carboxylic acids is 1. The third-order valence-corrected chi connectivity index (χ3v) is 4.69. The van der Waals surface area contributed by atoms with Gasteiger partial charge in [-0.2, -0.15) is 0 Å². The molecule has 3 rings (SSSR count). The molecule has 2 saturated heterocycles. The fraction of sp³-hybridized carbons (Fsp3) is 0.467. The molecule has 0 saturated carbocycles. The molecule has 3 atom stereocenters. The Bertz CT molecular complexity index is 605. The van der Waals surface area contributed by atoms with Gasteiger partial charge in [0.1, 0.15) is 5.82 Å². The van der Waals surface area contributed by atoms with E-state index in [0.29, 0.717) is 18.5 Å². The normalized spacial score (nSPS) is 28.0. The highest BCUT2D eigenvalue weighted by Gasteiger charge is 2.49. The smallest absolute Gasteiger partial charge is 0.308 e. The molecule has 2 aliphatic heterocycles. The summed E-state index contributed by atoms with van der Waals surface area (Å²) in [5.74, 6) is -2.24. The summed E-state index contributed by atoms with van der Waals surface area (Å²) in [7, 11) is 0. The summed E-state index contributed by atoms with van der Waals surface area (Å²) in [6.07, 6.45) is 2.46. The molecule has 1 aromatic carbocycles. The van der Waals surface area contributed by atoms with Crippen molar-refractivity contribution in [2.45, 2.75) is 37.9 Å². The van der Waals surface area contributed by atoms with Gasteiger partial charge in [-0.3, -0.25) is 14.5 Å². The lowest BCUT2D eigenvalue weighted by atomic mass is 9.89. The van der Waals surface area contributed by atoms with E-state index in [1.165, 1.54) is 6.07 Å². The van der Waals surface area contributed by atoms with E-state index in [9.17, 15) is 19.1 Å². The average Bonchev–Trinajstić information content (AvgIpc) is 2.98. The van der Waals surface area contributed by atoms with Crippen molar-refractivity contribution in [3.63, 3.8) is 0 Å². The number of carboxylic acid groups (broad SMARTS) is 1. The lowest BCUT2D eigenvalue weighted by Crippen LogP contribution is -2.32. The highest BCUT2D eigenvalue weighted by atomic mass is 19.1. The molecule has 112 valence electrons. The van der Waals surface area contributed by atoms with Crippen LogP contribution < -0.4 is 5.73 Å². The first-order valence-electron chi connectivity index (χ1n) is 7.04. The molecule has 2 heterocycles. The lowest BCUT2D eigenvalue weighted by Gasteiger charge is -2.23. The minimum Gasteiger partial charge on any atom is -0.481 e. The summed E-state index contributed by atoms with van der Waals surface area (Å²) in [6.45, 7) is 0.379. The van der Waals surface area contributed by atoms with E-state index in [2.05, 4.69) is 4.90 Å². The van der Waals surface area contributed by atoms with Crippen molar-refractivity contribution in [1.82, 2.24) is 4.90 Å². The van der Waals surface area contributed by atoms with E-state index in [1.807, 2.05) is 0 Å². The maximum atomic E-state index is 14.0. The van der Waals surface area contributed by atoms with E-state index >= 15 is 0 Å². The van der Waals surface area contributed by atoms with Crippen LogP contribution in [-0.2, 0) is 11.3 Å². The first-order chi connectivity index (χ1) is 9.97. The predicted molar refractivity (Wildman–Crippen MR) is 73.0 cm³/mol. The van der Waals surface area contributed by atoms with Crippen LogP contribution >= 0.6 is 0 Å². The number of carbonyl (C=O) groups is 2. The Balaban J connectivity index is 1.79. The quantitative estimate of drug-likeness (QED) is 0.877. The minimum absolute atomic E-state index is 0.0114. The van der Waals surface area contributed by atoms with E-state index < -0.39 is 17.7 Å². The molecular formula is C15H17FN2O3. The van der Waals surface area contributed by atoms with Gasteiger partial charge >= 0.3 is 5.97 Å². The number of amides is 1. The predicted octanol–water partition coefficient (Wildman–Crippen LogP) is 1.36. The summed E-state index contributed by atoms with van der Waals surface area (Å²) in [4.78, 5) is 24.3. The number of carbonyl (C=O) groups excluding carboxylic acids is 1. The van der Waals surface area contributed by atoms with E-state index in [1.54, 1.807) is 6.07 Å². The molecule has 1 amide bonds. The Kier molecular flexibility index (Phi) is 3.41. The zero-order valence-electron chi connectivity index (χ0n) is 11.5. The Morgan fingerprint density at radius 3 is 2.71 bits per heavy atom. The Morgan fingerprint density at radius 2 is 2.14 bits per heavy atom. The van der Waals surface area contributed by atoms with Crippen LogP contribution in [0.4, 0.5) is 4.39 Å². The van der Waals surface area contributed by atoms with Gasteiger partial charge in [-0.25, -0.2) is 4.39 Å². The molecule has 3 N–H and O–H groups in total. The van der Waals surface area contributed by atoms with Gasteiger partial charge in [0.2, 0.25) is 5.91 Å². The van der Waals surface area contributed by atoms with Crippen LogP contribution in [0.15, 0.2) is 18.2 Å². The van der Waals surface area contributed by atoms with Crippen molar-refractivity contribution in [3.8, 4) is 0 Å². The fourth-order valence-electron chi connectivity index (χ4n) is 3.64. The van der Waals surface area contributed by atoms with Crippen LogP contribution in [0.5, 0.6) is 0 Å². The number of rotatable bonds is 4. The van der Waals surface area contributed by atoms with Crippen molar-refractivity contribution < 1.29 is 19.1 Å². The van der Waals surface area contributed by atoms with E-state index in [0.717, 1.165) is 18.9 Å². The number of benzene rings is 1. The monoisotopic (exact) mass is 292 g/mol. The number of fused-ring (bicyclic) bond motifs is 2. The molecule has 6 heteroatoms. The van der Waals surface area contributed by atoms with Gasteiger partial charge in [-0.1, -0.05) is 6.07 Å². The number of hydrogen-bond donors (Lipinski definition) is 2. The highest BCUT2D eigenvalue weighted by molar-refractivity contribution is 5.92. The molecule has 2 aliphatic rings. The van der Waals surface area contributed by atoms with Crippen molar-refractivity contribution in [1.29, 1.82) is 0 Å². The minimum atomic E-state index is -0.767. The first-order valence-corrected chi connectivity index (χ1v) is 7.04. The molecule has 0 aromatic heterocycles. The maximum absolute atomic E-state index is 14.0. The van der Waals surface area contributed by atoms with Gasteiger partial charge in [0.25, 0.3) is 0 Å². The van der Waals surface area contributed by atoms with Crippen molar-refractivity contribution >= 4 is 11.9 Å². The Morgan fingerprint density at radius 1 is 1.38 bits per heavy atom. The second-order valence-electron chi connectivity index (χ2n) is 5.82. The van der Waals surface area contributed by atoms with Crippen LogP contribution in [-0.4, -0.2) is 34.0 Å². The number of nitrogens with two attached hydrogens (primary N) is 1. The summed E-state index contributed by atoms with van der Waals surface area (Å²) in [5, 5.41) is 9.22. The van der Waals surface area contributed by atoms with Crippen LogP contribution in [0.25, 0.3) is 0 Å². The molecular weight excluding hydrogens is 275 g/mol. The second kappa shape index (κ2) is 5.11. The van der Waals surface area contributed by atoms with Gasteiger partial charge in [-0.15, -0.1) is 0 Å². The summed E-state index contributed by atoms with van der Waals surface area (Å²) < 4.78 is 14.0. The standard InChI is InChI=1S/C15H17FN2O3/c16-12-5-8(14(17)19)1-2-9(12)7-18-10-3-4-13(18)11(6-10)15(20)21/h1-2,5,10-11,13H,3-4,6-7H2,(H2,17,19)(H,20,21).